The molecule has 0 aliphatic heterocycles. The number of nitrogens with one attached hydrogen (secondary N) is 1. The summed E-state index contributed by atoms with van der Waals surface area (Å²) in [5.41, 5.74) is 5.06. The summed E-state index contributed by atoms with van der Waals surface area (Å²) in [7, 11) is 1.25. The summed E-state index contributed by atoms with van der Waals surface area (Å²) in [4.78, 5) is 12.2. The largest absolute Gasteiger partial charge is 0.405 e. The molecule has 0 heterocycles. The number of amides is 1. The predicted molar refractivity (Wildman–Crippen MR) is 52.7 cm³/mol. The van der Waals surface area contributed by atoms with Crippen LogP contribution in [0.1, 0.15) is 12.8 Å². The van der Waals surface area contributed by atoms with E-state index in [0.717, 1.165) is 17.7 Å². The number of hydrogen-bond acceptors (Lipinski definition) is 3. The molecule has 0 aromatic carbocycles. The molecule has 1 unspecified atom stereocenters. The Bertz CT molecular complexity index is 253. The maximum Gasteiger partial charge on any atom is 0.405 e. The Kier molecular flexibility index (Phi) is 4.15. The van der Waals surface area contributed by atoms with Crippen LogP contribution >= 0.6 is 0 Å². The third kappa shape index (κ3) is 3.97. The Morgan fingerprint density at radius 3 is 2.50 bits per heavy atom. The molecule has 1 aliphatic rings. The highest BCUT2D eigenvalue weighted by molar-refractivity contribution is 5.78. The van der Waals surface area contributed by atoms with Crippen molar-refractivity contribution in [2.75, 3.05) is 20.1 Å². The topological polar surface area (TPSA) is 58.4 Å². The maximum atomic E-state index is 12.4. The van der Waals surface area contributed by atoms with Crippen molar-refractivity contribution in [1.82, 2.24) is 10.2 Å². The summed E-state index contributed by atoms with van der Waals surface area (Å²) in [5.74, 6) is -0.382. The van der Waals surface area contributed by atoms with E-state index in [2.05, 4.69) is 5.32 Å². The van der Waals surface area contributed by atoms with E-state index in [-0.39, 0.29) is 18.5 Å². The molecule has 0 spiro atoms. The fourth-order valence-corrected chi connectivity index (χ4v) is 1.40. The van der Waals surface area contributed by atoms with Gasteiger partial charge >= 0.3 is 6.18 Å². The second-order valence-electron chi connectivity index (χ2n) is 4.05. The molecule has 7 heteroatoms. The first-order valence-corrected chi connectivity index (χ1v) is 5.11. The lowest BCUT2D eigenvalue weighted by molar-refractivity contribution is -0.178. The van der Waals surface area contributed by atoms with Gasteiger partial charge in [0.05, 0.1) is 6.54 Å². The highest BCUT2D eigenvalue weighted by Crippen LogP contribution is 2.23. The monoisotopic (exact) mass is 239 g/mol. The summed E-state index contributed by atoms with van der Waals surface area (Å²) in [5, 5.41) is 2.63. The van der Waals surface area contributed by atoms with Crippen LogP contribution in [0.3, 0.4) is 0 Å². The van der Waals surface area contributed by atoms with Gasteiger partial charge in [0.25, 0.3) is 0 Å². The summed E-state index contributed by atoms with van der Waals surface area (Å²) in [6.45, 7) is -0.825. The normalized spacial score (nSPS) is 18.6. The van der Waals surface area contributed by atoms with Gasteiger partial charge in [-0.15, -0.1) is 0 Å². The molecule has 1 aliphatic carbocycles. The predicted octanol–water partition coefficient (Wildman–Crippen LogP) is 0.0864. The zero-order valence-electron chi connectivity index (χ0n) is 9.05. The van der Waals surface area contributed by atoms with Crippen molar-refractivity contribution < 1.29 is 18.0 Å². The van der Waals surface area contributed by atoms with Crippen molar-refractivity contribution in [3.63, 3.8) is 0 Å². The smallest absolute Gasteiger partial charge is 0.352 e. The number of hydrogen-bond donors (Lipinski definition) is 2. The van der Waals surface area contributed by atoms with Crippen molar-refractivity contribution in [3.8, 4) is 0 Å². The Morgan fingerprint density at radius 2 is 2.12 bits per heavy atom. The number of carbonyl (C=O) groups excluding carboxylic acids is 1. The quantitative estimate of drug-likeness (QED) is 0.714. The fraction of sp³-hybridized carbons (Fsp3) is 0.889. The number of nitrogens with zero attached hydrogens (tertiary/aromatic N) is 1. The molecule has 1 fully saturated rings. The van der Waals surface area contributed by atoms with E-state index in [9.17, 15) is 18.0 Å². The second kappa shape index (κ2) is 5.01. The van der Waals surface area contributed by atoms with Gasteiger partial charge in [0.2, 0.25) is 5.91 Å². The fourth-order valence-electron chi connectivity index (χ4n) is 1.40. The summed E-state index contributed by atoms with van der Waals surface area (Å²) in [6, 6.07) is -1.61. The highest BCUT2D eigenvalue weighted by Gasteiger charge is 2.41. The minimum atomic E-state index is -4.40. The number of rotatable bonds is 5. The SMILES string of the molecule is CN(CC(=O)NC1CC1)C(CN)C(F)(F)F. The molecule has 1 saturated carbocycles. The van der Waals surface area contributed by atoms with Crippen LogP contribution in [0.4, 0.5) is 13.2 Å². The molecule has 0 radical (unpaired) electrons. The van der Waals surface area contributed by atoms with Crippen molar-refractivity contribution in [1.29, 1.82) is 0 Å². The molecule has 0 saturated heterocycles. The average Bonchev–Trinajstić information content (AvgIpc) is 2.85. The number of carbonyl (C=O) groups is 1. The van der Waals surface area contributed by atoms with Crippen LogP contribution < -0.4 is 11.1 Å². The van der Waals surface area contributed by atoms with E-state index in [4.69, 9.17) is 5.73 Å². The van der Waals surface area contributed by atoms with E-state index in [1.165, 1.54) is 7.05 Å². The first-order chi connectivity index (χ1) is 7.34. The van der Waals surface area contributed by atoms with E-state index < -0.39 is 18.8 Å². The first-order valence-electron chi connectivity index (χ1n) is 5.11. The minimum Gasteiger partial charge on any atom is -0.352 e. The molecule has 1 amide bonds. The van der Waals surface area contributed by atoms with Crippen molar-refractivity contribution in [2.45, 2.75) is 31.1 Å². The Morgan fingerprint density at radius 1 is 1.56 bits per heavy atom. The van der Waals surface area contributed by atoms with Crippen LogP contribution in [0.15, 0.2) is 0 Å². The van der Waals surface area contributed by atoms with Crippen molar-refractivity contribution in [2.24, 2.45) is 5.73 Å². The van der Waals surface area contributed by atoms with Crippen LogP contribution in [0.25, 0.3) is 0 Å². The molecule has 0 aromatic heterocycles. The zero-order chi connectivity index (χ0) is 12.3. The van der Waals surface area contributed by atoms with Crippen molar-refractivity contribution >= 4 is 5.91 Å². The van der Waals surface area contributed by atoms with Crippen LogP contribution in [-0.2, 0) is 4.79 Å². The van der Waals surface area contributed by atoms with Crippen LogP contribution in [0, 0.1) is 0 Å². The van der Waals surface area contributed by atoms with Crippen LogP contribution in [0.2, 0.25) is 0 Å². The minimum absolute atomic E-state index is 0.156. The molecule has 0 aromatic rings. The summed E-state index contributed by atoms with van der Waals surface area (Å²) < 4.78 is 37.3. The van der Waals surface area contributed by atoms with E-state index in [1.54, 1.807) is 0 Å². The van der Waals surface area contributed by atoms with Gasteiger partial charge in [0, 0.05) is 12.6 Å². The molecule has 4 nitrogen and oxygen atoms in total. The number of alkyl halides is 3. The molecule has 1 atom stereocenters. The lowest BCUT2D eigenvalue weighted by Crippen LogP contribution is -2.51. The zero-order valence-corrected chi connectivity index (χ0v) is 9.05. The molecule has 0 bridgehead atoms. The van der Waals surface area contributed by atoms with Gasteiger partial charge in [0.15, 0.2) is 0 Å². The lowest BCUT2D eigenvalue weighted by atomic mass is 10.2. The molecular weight excluding hydrogens is 223 g/mol. The molecular formula is C9H16F3N3O. The van der Waals surface area contributed by atoms with Gasteiger partial charge in [-0.05, 0) is 19.9 Å². The van der Waals surface area contributed by atoms with E-state index in [1.807, 2.05) is 0 Å². The van der Waals surface area contributed by atoms with Gasteiger partial charge in [-0.25, -0.2) is 0 Å². The molecule has 94 valence electrons. The third-order valence-corrected chi connectivity index (χ3v) is 2.47. The maximum absolute atomic E-state index is 12.4. The van der Waals surface area contributed by atoms with Gasteiger partial charge < -0.3 is 11.1 Å². The molecule has 3 N–H and O–H groups in total. The number of likely N-dealkylation sites (N-methyl/N-ethyl adjacent to an activating group) is 1. The van der Waals surface area contributed by atoms with Crippen LogP contribution in [0.5, 0.6) is 0 Å². The van der Waals surface area contributed by atoms with Gasteiger partial charge in [-0.2, -0.15) is 13.2 Å². The first kappa shape index (κ1) is 13.2. The number of halogens is 3. The average molecular weight is 239 g/mol. The molecule has 16 heavy (non-hydrogen) atoms. The Balaban J connectivity index is 2.41. The van der Waals surface area contributed by atoms with Crippen molar-refractivity contribution in [3.05, 3.63) is 0 Å². The summed E-state index contributed by atoms with van der Waals surface area (Å²) in [6.07, 6.45) is -2.58. The van der Waals surface area contributed by atoms with E-state index >= 15 is 0 Å². The second-order valence-corrected chi connectivity index (χ2v) is 4.05. The lowest BCUT2D eigenvalue weighted by Gasteiger charge is -2.28. The van der Waals surface area contributed by atoms with Crippen LogP contribution in [-0.4, -0.2) is 49.2 Å². The Hall–Kier alpha value is -0.820. The highest BCUT2D eigenvalue weighted by atomic mass is 19.4. The standard InChI is InChI=1S/C9H16F3N3O/c1-15(7(4-13)9(10,11)12)5-8(16)14-6-2-3-6/h6-7H,2-5,13H2,1H3,(H,14,16). The van der Waals surface area contributed by atoms with Gasteiger partial charge in [-0.3, -0.25) is 9.69 Å². The molecule has 1 rings (SSSR count). The Labute approximate surface area is 92.0 Å². The number of nitrogens with two attached hydrogens (primary N) is 1. The third-order valence-electron chi connectivity index (χ3n) is 2.47. The van der Waals surface area contributed by atoms with E-state index in [0.29, 0.717) is 0 Å². The summed E-state index contributed by atoms with van der Waals surface area (Å²) >= 11 is 0. The van der Waals surface area contributed by atoms with Gasteiger partial charge in [0.1, 0.15) is 6.04 Å². The van der Waals surface area contributed by atoms with Gasteiger partial charge in [-0.1, -0.05) is 0 Å².